The van der Waals surface area contributed by atoms with E-state index in [1.807, 2.05) is 17.2 Å². The lowest BCUT2D eigenvalue weighted by Crippen LogP contribution is -2.49. The highest BCUT2D eigenvalue weighted by atomic mass is 16.5. The van der Waals surface area contributed by atoms with Gasteiger partial charge in [-0.2, -0.15) is 4.98 Å². The SMILES string of the molecule is CCOC(=O)CCCC(=O)N1CCCC(N2CCC(Nc3nccc(N4CCCCCC4)n3)C2)C1. The Balaban J connectivity index is 1.23. The molecular formula is C26H42N6O3. The molecule has 4 heterocycles. The van der Waals surface area contributed by atoms with Crippen LogP contribution in [-0.4, -0.2) is 89.6 Å². The van der Waals surface area contributed by atoms with Crippen LogP contribution in [0.15, 0.2) is 12.3 Å². The molecule has 0 saturated carbocycles. The molecule has 1 N–H and O–H groups in total. The number of amides is 1. The lowest BCUT2D eigenvalue weighted by molar-refractivity contribution is -0.143. The summed E-state index contributed by atoms with van der Waals surface area (Å²) in [5, 5.41) is 3.57. The molecule has 194 valence electrons. The van der Waals surface area contributed by atoms with Gasteiger partial charge in [0.1, 0.15) is 5.82 Å². The van der Waals surface area contributed by atoms with Gasteiger partial charge in [-0.1, -0.05) is 12.8 Å². The average Bonchev–Trinajstić information content (AvgIpc) is 3.16. The number of esters is 1. The van der Waals surface area contributed by atoms with Gasteiger partial charge in [-0.15, -0.1) is 0 Å². The fourth-order valence-corrected chi connectivity index (χ4v) is 5.57. The molecule has 35 heavy (non-hydrogen) atoms. The van der Waals surface area contributed by atoms with Crippen molar-refractivity contribution >= 4 is 23.6 Å². The topological polar surface area (TPSA) is 90.9 Å². The Morgan fingerprint density at radius 3 is 2.66 bits per heavy atom. The first-order chi connectivity index (χ1) is 17.1. The molecule has 0 radical (unpaired) electrons. The van der Waals surface area contributed by atoms with Crippen LogP contribution < -0.4 is 10.2 Å². The first kappa shape index (κ1) is 25.7. The molecular weight excluding hydrogens is 444 g/mol. The fraction of sp³-hybridized carbons (Fsp3) is 0.769. The number of carbonyl (C=O) groups excluding carboxylic acids is 2. The lowest BCUT2D eigenvalue weighted by Gasteiger charge is -2.37. The molecule has 0 bridgehead atoms. The number of nitrogens with one attached hydrogen (secondary N) is 1. The van der Waals surface area contributed by atoms with E-state index in [0.29, 0.717) is 38.0 Å². The molecule has 0 aliphatic carbocycles. The van der Waals surface area contributed by atoms with E-state index in [4.69, 9.17) is 9.72 Å². The summed E-state index contributed by atoms with van der Waals surface area (Å²) in [4.78, 5) is 40.5. The molecule has 9 heteroatoms. The first-order valence-corrected chi connectivity index (χ1v) is 13.6. The van der Waals surface area contributed by atoms with E-state index < -0.39 is 0 Å². The quantitative estimate of drug-likeness (QED) is 0.533. The number of nitrogens with zero attached hydrogens (tertiary/aromatic N) is 5. The average molecular weight is 487 g/mol. The van der Waals surface area contributed by atoms with Crippen molar-refractivity contribution < 1.29 is 14.3 Å². The number of likely N-dealkylation sites (tertiary alicyclic amines) is 2. The number of rotatable bonds is 9. The summed E-state index contributed by atoms with van der Waals surface area (Å²) in [6.45, 7) is 7.93. The van der Waals surface area contributed by atoms with Gasteiger partial charge in [-0.05, 0) is 51.5 Å². The summed E-state index contributed by atoms with van der Waals surface area (Å²) < 4.78 is 4.96. The Morgan fingerprint density at radius 1 is 1.03 bits per heavy atom. The van der Waals surface area contributed by atoms with Crippen molar-refractivity contribution in [3.8, 4) is 0 Å². The van der Waals surface area contributed by atoms with Crippen LogP contribution in [0.25, 0.3) is 0 Å². The zero-order valence-corrected chi connectivity index (χ0v) is 21.3. The highest BCUT2D eigenvalue weighted by molar-refractivity contribution is 5.77. The van der Waals surface area contributed by atoms with Crippen molar-refractivity contribution in [3.63, 3.8) is 0 Å². The summed E-state index contributed by atoms with van der Waals surface area (Å²) in [5.74, 6) is 1.70. The van der Waals surface area contributed by atoms with Crippen molar-refractivity contribution in [1.29, 1.82) is 0 Å². The molecule has 9 nitrogen and oxygen atoms in total. The van der Waals surface area contributed by atoms with Crippen LogP contribution in [0.3, 0.4) is 0 Å². The number of hydrogen-bond acceptors (Lipinski definition) is 8. The molecule has 4 rings (SSSR count). The molecule has 3 aliphatic rings. The molecule has 1 aromatic heterocycles. The second-order valence-electron chi connectivity index (χ2n) is 10.1. The Kier molecular flexibility index (Phi) is 9.57. The van der Waals surface area contributed by atoms with Crippen LogP contribution in [0.4, 0.5) is 11.8 Å². The normalized spacial score (nSPS) is 23.7. The molecule has 3 saturated heterocycles. The Bertz CT molecular complexity index is 829. The maximum absolute atomic E-state index is 12.7. The van der Waals surface area contributed by atoms with Gasteiger partial charge in [0.2, 0.25) is 11.9 Å². The van der Waals surface area contributed by atoms with Crippen LogP contribution in [0, 0.1) is 0 Å². The summed E-state index contributed by atoms with van der Waals surface area (Å²) in [5.41, 5.74) is 0. The van der Waals surface area contributed by atoms with Crippen LogP contribution in [0.2, 0.25) is 0 Å². The largest absolute Gasteiger partial charge is 0.466 e. The Hall–Kier alpha value is -2.42. The van der Waals surface area contributed by atoms with Gasteiger partial charge in [0.05, 0.1) is 6.61 Å². The molecule has 2 atom stereocenters. The molecule has 0 aromatic carbocycles. The van der Waals surface area contributed by atoms with Gasteiger partial charge in [0.15, 0.2) is 0 Å². The second kappa shape index (κ2) is 13.0. The highest BCUT2D eigenvalue weighted by Crippen LogP contribution is 2.24. The summed E-state index contributed by atoms with van der Waals surface area (Å²) in [7, 11) is 0. The van der Waals surface area contributed by atoms with Crippen LogP contribution in [-0.2, 0) is 14.3 Å². The zero-order valence-electron chi connectivity index (χ0n) is 21.3. The molecule has 0 spiro atoms. The predicted molar refractivity (Wildman–Crippen MR) is 136 cm³/mol. The maximum Gasteiger partial charge on any atom is 0.305 e. The molecule has 2 unspecified atom stereocenters. The predicted octanol–water partition coefficient (Wildman–Crippen LogP) is 3.07. The van der Waals surface area contributed by atoms with Crippen LogP contribution in [0.1, 0.15) is 71.1 Å². The van der Waals surface area contributed by atoms with Crippen molar-refractivity contribution in [2.75, 3.05) is 56.1 Å². The zero-order chi connectivity index (χ0) is 24.5. The van der Waals surface area contributed by atoms with E-state index in [2.05, 4.69) is 20.1 Å². The van der Waals surface area contributed by atoms with E-state index in [9.17, 15) is 9.59 Å². The lowest BCUT2D eigenvalue weighted by atomic mass is 10.0. The number of ether oxygens (including phenoxy) is 1. The number of hydrogen-bond donors (Lipinski definition) is 1. The molecule has 3 aliphatic heterocycles. The minimum Gasteiger partial charge on any atom is -0.466 e. The van der Waals surface area contributed by atoms with E-state index in [1.54, 1.807) is 6.92 Å². The third-order valence-electron chi connectivity index (χ3n) is 7.47. The minimum absolute atomic E-state index is 0.159. The second-order valence-corrected chi connectivity index (χ2v) is 10.1. The van der Waals surface area contributed by atoms with Gasteiger partial charge < -0.3 is 19.9 Å². The van der Waals surface area contributed by atoms with Crippen molar-refractivity contribution in [2.24, 2.45) is 0 Å². The third-order valence-corrected chi connectivity index (χ3v) is 7.47. The third kappa shape index (κ3) is 7.53. The highest BCUT2D eigenvalue weighted by Gasteiger charge is 2.32. The standard InChI is InChI=1S/C26H42N6O3/c1-2-35-25(34)11-7-10-24(33)32-17-8-9-22(20-32)31-18-13-21(19-31)28-26-27-14-12-23(29-26)30-15-5-3-4-6-16-30/h12,14,21-22H,2-11,13,15-20H2,1H3,(H,27,28,29). The smallest absolute Gasteiger partial charge is 0.305 e. The number of anilines is 2. The minimum atomic E-state index is -0.214. The Morgan fingerprint density at radius 2 is 1.86 bits per heavy atom. The molecule has 1 amide bonds. The van der Waals surface area contributed by atoms with Crippen LogP contribution in [0.5, 0.6) is 0 Å². The molecule has 1 aromatic rings. The van der Waals surface area contributed by atoms with Crippen molar-refractivity contribution in [3.05, 3.63) is 12.3 Å². The number of aromatic nitrogens is 2. The van der Waals surface area contributed by atoms with Gasteiger partial charge in [0, 0.05) is 70.4 Å². The summed E-state index contributed by atoms with van der Waals surface area (Å²) in [6, 6.07) is 2.75. The molecule has 3 fully saturated rings. The monoisotopic (exact) mass is 486 g/mol. The van der Waals surface area contributed by atoms with Crippen molar-refractivity contribution in [2.45, 2.75) is 83.2 Å². The van der Waals surface area contributed by atoms with Crippen LogP contribution >= 0.6 is 0 Å². The van der Waals surface area contributed by atoms with Gasteiger partial charge in [-0.25, -0.2) is 4.98 Å². The number of piperidine rings is 1. The van der Waals surface area contributed by atoms with Crippen molar-refractivity contribution in [1.82, 2.24) is 19.8 Å². The number of carbonyl (C=O) groups is 2. The van der Waals surface area contributed by atoms with Gasteiger partial charge in [0.25, 0.3) is 0 Å². The summed E-state index contributed by atoms with van der Waals surface area (Å²) in [6.07, 6.45) is 11.5. The first-order valence-electron chi connectivity index (χ1n) is 13.6. The van der Waals surface area contributed by atoms with Gasteiger partial charge in [-0.3, -0.25) is 14.5 Å². The van der Waals surface area contributed by atoms with E-state index in [-0.39, 0.29) is 11.9 Å². The van der Waals surface area contributed by atoms with E-state index in [1.165, 1.54) is 25.7 Å². The van der Waals surface area contributed by atoms with E-state index >= 15 is 0 Å². The maximum atomic E-state index is 12.7. The Labute approximate surface area is 209 Å². The van der Waals surface area contributed by atoms with E-state index in [0.717, 1.165) is 70.3 Å². The fourth-order valence-electron chi connectivity index (χ4n) is 5.57. The summed E-state index contributed by atoms with van der Waals surface area (Å²) >= 11 is 0. The van der Waals surface area contributed by atoms with Gasteiger partial charge >= 0.3 is 5.97 Å².